The van der Waals surface area contributed by atoms with Gasteiger partial charge < -0.3 is 4.90 Å². The highest BCUT2D eigenvalue weighted by molar-refractivity contribution is 8.13. The number of thioether (sulfide) groups is 1. The first-order chi connectivity index (χ1) is 13.6. The molecule has 10 heteroatoms. The van der Waals surface area contributed by atoms with Crippen molar-refractivity contribution in [3.63, 3.8) is 0 Å². The smallest absolute Gasteiger partial charge is 0.313 e. The first-order valence-electron chi connectivity index (χ1n) is 8.75. The maximum Gasteiger partial charge on any atom is 0.416 e. The van der Waals surface area contributed by atoms with Gasteiger partial charge in [-0.05, 0) is 23.8 Å². The molecule has 4 nitrogen and oxygen atoms in total. The van der Waals surface area contributed by atoms with Crippen LogP contribution in [0.15, 0.2) is 53.5 Å². The second-order valence-electron chi connectivity index (χ2n) is 6.93. The molecule has 2 aromatic carbocycles. The summed E-state index contributed by atoms with van der Waals surface area (Å²) >= 11 is 7.61. The molecule has 2 heterocycles. The molecule has 0 saturated carbocycles. The lowest BCUT2D eigenvalue weighted by molar-refractivity contribution is -0.137. The molecule has 2 atom stereocenters. The summed E-state index contributed by atoms with van der Waals surface area (Å²) in [5, 5.41) is 0.607. The minimum absolute atomic E-state index is 0.111. The Morgan fingerprint density at radius 1 is 1.14 bits per heavy atom. The van der Waals surface area contributed by atoms with Gasteiger partial charge in [0, 0.05) is 5.75 Å². The molecular formula is C19H16ClF3N2O2S2. The second-order valence-corrected chi connectivity index (χ2v) is 10.4. The molecule has 0 unspecified atom stereocenters. The van der Waals surface area contributed by atoms with Gasteiger partial charge >= 0.3 is 6.18 Å². The summed E-state index contributed by atoms with van der Waals surface area (Å²) in [6, 6.07) is 11.6. The van der Waals surface area contributed by atoms with Crippen molar-refractivity contribution in [2.75, 3.05) is 16.4 Å². The molecule has 1 fully saturated rings. The Hall–Kier alpha value is -1.71. The fourth-order valence-corrected chi connectivity index (χ4v) is 6.63. The van der Waals surface area contributed by atoms with Gasteiger partial charge in [-0.25, -0.2) is 8.42 Å². The number of rotatable bonds is 3. The number of sulfone groups is 1. The molecule has 0 N–H and O–H groups in total. The van der Waals surface area contributed by atoms with Crippen molar-refractivity contribution in [2.24, 2.45) is 4.99 Å². The van der Waals surface area contributed by atoms with E-state index in [-0.39, 0.29) is 22.2 Å². The molecule has 29 heavy (non-hydrogen) atoms. The van der Waals surface area contributed by atoms with Crippen molar-refractivity contribution in [3.8, 4) is 0 Å². The van der Waals surface area contributed by atoms with Gasteiger partial charge in [-0.2, -0.15) is 13.2 Å². The molecule has 0 amide bonds. The van der Waals surface area contributed by atoms with Gasteiger partial charge in [0.05, 0.1) is 39.9 Å². The third kappa shape index (κ3) is 4.27. The van der Waals surface area contributed by atoms with Gasteiger partial charge in [0.15, 0.2) is 15.0 Å². The summed E-state index contributed by atoms with van der Waals surface area (Å²) in [7, 11) is -3.31. The highest BCUT2D eigenvalue weighted by Gasteiger charge is 2.48. The normalized spacial score (nSPS) is 23.2. The highest BCUT2D eigenvalue weighted by atomic mass is 35.5. The molecule has 2 aromatic rings. The third-order valence-electron chi connectivity index (χ3n) is 4.85. The number of nitrogens with zero attached hydrogens (tertiary/aromatic N) is 2. The van der Waals surface area contributed by atoms with Crippen LogP contribution in [0.25, 0.3) is 0 Å². The number of benzene rings is 2. The van der Waals surface area contributed by atoms with E-state index < -0.39 is 33.7 Å². The first-order valence-corrected chi connectivity index (χ1v) is 11.9. The van der Waals surface area contributed by atoms with Crippen molar-refractivity contribution in [1.82, 2.24) is 0 Å². The molecule has 154 valence electrons. The minimum Gasteiger partial charge on any atom is -0.313 e. The average Bonchev–Trinajstić information content (AvgIpc) is 3.11. The zero-order chi connectivity index (χ0) is 20.8. The Labute approximate surface area is 175 Å². The fraction of sp³-hybridized carbons (Fsp3) is 0.316. The van der Waals surface area contributed by atoms with E-state index in [1.807, 2.05) is 30.3 Å². The maximum atomic E-state index is 13.3. The Balaban J connectivity index is 1.71. The molecule has 1 saturated heterocycles. The van der Waals surface area contributed by atoms with E-state index in [0.29, 0.717) is 10.9 Å². The van der Waals surface area contributed by atoms with Crippen LogP contribution in [0.3, 0.4) is 0 Å². The lowest BCUT2D eigenvalue weighted by Crippen LogP contribution is -2.39. The van der Waals surface area contributed by atoms with Crippen LogP contribution < -0.4 is 4.90 Å². The predicted molar refractivity (Wildman–Crippen MR) is 110 cm³/mol. The van der Waals surface area contributed by atoms with Crippen LogP contribution in [0, 0.1) is 0 Å². The van der Waals surface area contributed by atoms with Crippen LogP contribution in [-0.2, 0) is 21.8 Å². The zero-order valence-electron chi connectivity index (χ0n) is 14.9. The number of fused-ring (bicyclic) bond motifs is 1. The first kappa shape index (κ1) is 20.6. The summed E-state index contributed by atoms with van der Waals surface area (Å²) in [5.41, 5.74) is 0.319. The Morgan fingerprint density at radius 3 is 2.55 bits per heavy atom. The fourth-order valence-electron chi connectivity index (χ4n) is 3.51. The standard InChI is InChI=1S/C19H16ClF3N2O2S2/c20-14-7-6-13(19(21,22)23)8-16(14)25-17-11-29(26,27)10-15(17)24-18(25)28-9-12-4-2-1-3-5-12/h1-8,15,17H,9-11H2/t15-,17+/m1/s1. The highest BCUT2D eigenvalue weighted by Crippen LogP contribution is 2.41. The number of aliphatic imine (C=N–C) groups is 1. The quantitative estimate of drug-likeness (QED) is 0.670. The Kier molecular flexibility index (Phi) is 5.33. The van der Waals surface area contributed by atoms with Gasteiger partial charge in [-0.15, -0.1) is 0 Å². The maximum absolute atomic E-state index is 13.3. The largest absolute Gasteiger partial charge is 0.416 e. The summed E-state index contributed by atoms with van der Waals surface area (Å²) in [5.74, 6) is 0.280. The lowest BCUT2D eigenvalue weighted by atomic mass is 10.1. The number of alkyl halides is 3. The number of amidine groups is 1. The van der Waals surface area contributed by atoms with Gasteiger partial charge in [0.25, 0.3) is 0 Å². The monoisotopic (exact) mass is 460 g/mol. The second kappa shape index (κ2) is 7.52. The molecule has 0 radical (unpaired) electrons. The SMILES string of the molecule is O=S1(=O)C[C@H]2N=C(SCc3ccccc3)N(c3cc(C(F)(F)F)ccc3Cl)[C@H]2C1. The number of hydrogen-bond donors (Lipinski definition) is 0. The molecule has 0 aromatic heterocycles. The van der Waals surface area contributed by atoms with Crippen molar-refractivity contribution < 1.29 is 21.6 Å². The van der Waals surface area contributed by atoms with Crippen molar-refractivity contribution in [2.45, 2.75) is 24.0 Å². The van der Waals surface area contributed by atoms with Crippen molar-refractivity contribution in [1.29, 1.82) is 0 Å². The molecule has 0 bridgehead atoms. The van der Waals surface area contributed by atoms with E-state index in [1.165, 1.54) is 17.8 Å². The van der Waals surface area contributed by atoms with Gasteiger partial charge in [-0.3, -0.25) is 4.99 Å². The number of hydrogen-bond acceptors (Lipinski definition) is 5. The van der Waals surface area contributed by atoms with E-state index in [2.05, 4.69) is 4.99 Å². The summed E-state index contributed by atoms with van der Waals surface area (Å²) < 4.78 is 64.0. The van der Waals surface area contributed by atoms with Crippen molar-refractivity contribution >= 4 is 44.1 Å². The van der Waals surface area contributed by atoms with Crippen LogP contribution >= 0.6 is 23.4 Å². The van der Waals surface area contributed by atoms with Gasteiger partial charge in [0.1, 0.15) is 0 Å². The predicted octanol–water partition coefficient (Wildman–Crippen LogP) is 4.63. The molecule has 4 rings (SSSR count). The molecular weight excluding hydrogens is 445 g/mol. The van der Waals surface area contributed by atoms with E-state index in [4.69, 9.17) is 11.6 Å². The van der Waals surface area contributed by atoms with Crippen LogP contribution in [0.5, 0.6) is 0 Å². The molecule has 0 aliphatic carbocycles. The van der Waals surface area contributed by atoms with Crippen LogP contribution in [0.4, 0.5) is 18.9 Å². The molecule has 0 spiro atoms. The number of anilines is 1. The Morgan fingerprint density at radius 2 is 1.86 bits per heavy atom. The average molecular weight is 461 g/mol. The minimum atomic E-state index is -4.53. The summed E-state index contributed by atoms with van der Waals surface area (Å²) in [4.78, 5) is 6.11. The third-order valence-corrected chi connectivity index (χ3v) is 7.91. The van der Waals surface area contributed by atoms with E-state index >= 15 is 0 Å². The zero-order valence-corrected chi connectivity index (χ0v) is 17.3. The van der Waals surface area contributed by atoms with Crippen LogP contribution in [0.2, 0.25) is 5.02 Å². The van der Waals surface area contributed by atoms with Gasteiger partial charge in [0.2, 0.25) is 0 Å². The van der Waals surface area contributed by atoms with E-state index in [1.54, 1.807) is 4.90 Å². The number of halogens is 4. The lowest BCUT2D eigenvalue weighted by Gasteiger charge is -2.28. The van der Waals surface area contributed by atoms with Crippen molar-refractivity contribution in [3.05, 3.63) is 64.7 Å². The molecule has 2 aliphatic rings. The summed E-state index contributed by atoms with van der Waals surface area (Å²) in [6.45, 7) is 0. The topological polar surface area (TPSA) is 49.7 Å². The summed E-state index contributed by atoms with van der Waals surface area (Å²) in [6.07, 6.45) is -4.53. The molecule has 2 aliphatic heterocycles. The Bertz CT molecular complexity index is 1060. The van der Waals surface area contributed by atoms with Crippen LogP contribution in [-0.4, -0.2) is 37.2 Å². The van der Waals surface area contributed by atoms with E-state index in [0.717, 1.165) is 17.7 Å². The van der Waals surface area contributed by atoms with E-state index in [9.17, 15) is 21.6 Å². The van der Waals surface area contributed by atoms with Crippen LogP contribution in [0.1, 0.15) is 11.1 Å². The van der Waals surface area contributed by atoms with Gasteiger partial charge in [-0.1, -0.05) is 53.7 Å².